The van der Waals surface area contributed by atoms with Crippen molar-refractivity contribution in [3.8, 4) is 5.75 Å². The van der Waals surface area contributed by atoms with Gasteiger partial charge >= 0.3 is 5.97 Å². The van der Waals surface area contributed by atoms with Crippen molar-refractivity contribution in [1.29, 1.82) is 5.53 Å². The normalized spacial score (nSPS) is 9.07. The largest absolute Gasteiger partial charge is 0.508 e. The SMILES string of the molecule is N=NC=NN.O=C(O)c1ccc(O)cc1. The van der Waals surface area contributed by atoms with Crippen LogP contribution >= 0.6 is 0 Å². The Labute approximate surface area is 85.4 Å². The van der Waals surface area contributed by atoms with Gasteiger partial charge in [-0.2, -0.15) is 5.10 Å². The average molecular weight is 210 g/mol. The van der Waals surface area contributed by atoms with Crippen molar-refractivity contribution in [3.05, 3.63) is 29.8 Å². The van der Waals surface area contributed by atoms with E-state index < -0.39 is 5.97 Å². The van der Waals surface area contributed by atoms with Gasteiger partial charge in [0.25, 0.3) is 0 Å². The second kappa shape index (κ2) is 7.01. The van der Waals surface area contributed by atoms with Crippen molar-refractivity contribution in [2.45, 2.75) is 0 Å². The number of nitrogens with zero attached hydrogens (tertiary/aromatic N) is 2. The molecule has 1 aromatic carbocycles. The maximum Gasteiger partial charge on any atom is 0.335 e. The number of phenols is 1. The maximum absolute atomic E-state index is 10.2. The smallest absolute Gasteiger partial charge is 0.335 e. The molecule has 15 heavy (non-hydrogen) atoms. The van der Waals surface area contributed by atoms with E-state index in [1.807, 2.05) is 0 Å². The van der Waals surface area contributed by atoms with Gasteiger partial charge < -0.3 is 16.1 Å². The Morgan fingerprint density at radius 2 is 1.93 bits per heavy atom. The highest BCUT2D eigenvalue weighted by molar-refractivity contribution is 5.87. The summed E-state index contributed by atoms with van der Waals surface area (Å²) >= 11 is 0. The molecule has 0 radical (unpaired) electrons. The zero-order valence-electron chi connectivity index (χ0n) is 7.66. The van der Waals surface area contributed by atoms with Crippen molar-refractivity contribution in [2.24, 2.45) is 16.1 Å². The van der Waals surface area contributed by atoms with Gasteiger partial charge in [0, 0.05) is 0 Å². The molecule has 7 nitrogen and oxygen atoms in total. The highest BCUT2D eigenvalue weighted by Gasteiger charge is 1.99. The molecule has 0 saturated heterocycles. The summed E-state index contributed by atoms with van der Waals surface area (Å²) in [4.78, 5) is 10.2. The first-order chi connectivity index (χ1) is 7.11. The fourth-order valence-electron chi connectivity index (χ4n) is 0.637. The fourth-order valence-corrected chi connectivity index (χ4v) is 0.637. The Morgan fingerprint density at radius 1 is 1.40 bits per heavy atom. The number of aromatic carboxylic acids is 1. The second-order valence-corrected chi connectivity index (χ2v) is 2.25. The molecule has 0 amide bonds. The van der Waals surface area contributed by atoms with Gasteiger partial charge in [-0.15, -0.1) is 5.11 Å². The Balaban J connectivity index is 0.000000336. The third-order valence-corrected chi connectivity index (χ3v) is 1.24. The summed E-state index contributed by atoms with van der Waals surface area (Å²) in [5.74, 6) is 3.58. The van der Waals surface area contributed by atoms with Crippen LogP contribution in [0.25, 0.3) is 0 Å². The summed E-state index contributed by atoms with van der Waals surface area (Å²) in [7, 11) is 0. The molecule has 1 aromatic rings. The van der Waals surface area contributed by atoms with E-state index in [4.69, 9.17) is 15.7 Å². The molecular formula is C8H10N4O3. The van der Waals surface area contributed by atoms with Gasteiger partial charge in [-0.3, -0.25) is 0 Å². The molecule has 0 aliphatic carbocycles. The lowest BCUT2D eigenvalue weighted by atomic mass is 10.2. The van der Waals surface area contributed by atoms with E-state index in [0.717, 1.165) is 6.34 Å². The number of phenolic OH excluding ortho intramolecular Hbond substituents is 1. The first-order valence-electron chi connectivity index (χ1n) is 3.72. The topological polar surface area (TPSA) is 132 Å². The summed E-state index contributed by atoms with van der Waals surface area (Å²) < 4.78 is 0. The van der Waals surface area contributed by atoms with Crippen LogP contribution in [0.1, 0.15) is 10.4 Å². The molecule has 0 unspecified atom stereocenters. The minimum atomic E-state index is -0.986. The van der Waals surface area contributed by atoms with E-state index in [1.54, 1.807) is 0 Å². The maximum atomic E-state index is 10.2. The number of carbonyl (C=O) groups is 1. The van der Waals surface area contributed by atoms with Gasteiger partial charge in [-0.25, -0.2) is 10.3 Å². The Bertz CT molecular complexity index is 347. The number of hydrazone groups is 1. The summed E-state index contributed by atoms with van der Waals surface area (Å²) in [5.41, 5.74) is 6.18. The number of nitrogens with one attached hydrogen (secondary N) is 1. The molecule has 0 bridgehead atoms. The first kappa shape index (κ1) is 12.6. The van der Waals surface area contributed by atoms with Crippen LogP contribution in [0.4, 0.5) is 0 Å². The summed E-state index contributed by atoms with van der Waals surface area (Å²) in [6.45, 7) is 0. The molecule has 0 fully saturated rings. The Hall–Kier alpha value is -2.44. The van der Waals surface area contributed by atoms with Crippen LogP contribution in [0.2, 0.25) is 0 Å². The van der Waals surface area contributed by atoms with Crippen LogP contribution < -0.4 is 5.84 Å². The van der Waals surface area contributed by atoms with E-state index in [-0.39, 0.29) is 11.3 Å². The van der Waals surface area contributed by atoms with Crippen LogP contribution in [0.15, 0.2) is 34.5 Å². The standard InChI is InChI=1S/C7H6O3.CH4N4/c8-6-3-1-5(2-4-6)7(9)10;2-4-1-5-3/h1-4,8H,(H,9,10);1-2H,3H2. The van der Waals surface area contributed by atoms with Crippen LogP contribution in [0, 0.1) is 5.53 Å². The third-order valence-electron chi connectivity index (χ3n) is 1.24. The van der Waals surface area contributed by atoms with Crippen molar-refractivity contribution in [2.75, 3.05) is 0 Å². The summed E-state index contributed by atoms with van der Waals surface area (Å²) in [6.07, 6.45) is 0.944. The van der Waals surface area contributed by atoms with Crippen LogP contribution in [0.3, 0.4) is 0 Å². The van der Waals surface area contributed by atoms with Crippen molar-refractivity contribution in [1.82, 2.24) is 0 Å². The molecule has 0 aliphatic heterocycles. The Kier molecular flexibility index (Phi) is 5.87. The van der Waals surface area contributed by atoms with Gasteiger partial charge in [0.15, 0.2) is 6.34 Å². The lowest BCUT2D eigenvalue weighted by Crippen LogP contribution is -1.93. The molecule has 0 aliphatic rings. The molecule has 0 heterocycles. The zero-order valence-corrected chi connectivity index (χ0v) is 7.66. The van der Waals surface area contributed by atoms with Gasteiger partial charge in [0.1, 0.15) is 5.75 Å². The number of benzene rings is 1. The van der Waals surface area contributed by atoms with Crippen LogP contribution in [0.5, 0.6) is 5.75 Å². The zero-order chi connectivity index (χ0) is 11.7. The number of carboxylic acid groups (broad SMARTS) is 1. The molecule has 7 heteroatoms. The predicted octanol–water partition coefficient (Wildman–Crippen LogP) is 1.01. The molecule has 0 spiro atoms. The highest BCUT2D eigenvalue weighted by atomic mass is 16.4. The van der Waals surface area contributed by atoms with Crippen molar-refractivity contribution < 1.29 is 15.0 Å². The molecule has 5 N–H and O–H groups in total. The third kappa shape index (κ3) is 5.75. The molecule has 0 atom stereocenters. The summed E-state index contributed by atoms with van der Waals surface area (Å²) in [6, 6.07) is 5.36. The molecule has 0 saturated carbocycles. The highest BCUT2D eigenvalue weighted by Crippen LogP contribution is 2.08. The first-order valence-corrected chi connectivity index (χ1v) is 3.72. The number of hydrogen-bond acceptors (Lipinski definition) is 5. The van der Waals surface area contributed by atoms with E-state index in [2.05, 4.69) is 16.1 Å². The second-order valence-electron chi connectivity index (χ2n) is 2.25. The average Bonchev–Trinajstić information content (AvgIpc) is 2.20. The van der Waals surface area contributed by atoms with Gasteiger partial charge in [0.2, 0.25) is 0 Å². The van der Waals surface area contributed by atoms with Gasteiger partial charge in [-0.1, -0.05) is 0 Å². The summed E-state index contributed by atoms with van der Waals surface area (Å²) in [5, 5.41) is 22.7. The number of nitrogens with two attached hydrogens (primary N) is 1. The van der Waals surface area contributed by atoms with Gasteiger partial charge in [0.05, 0.1) is 5.56 Å². The van der Waals surface area contributed by atoms with Crippen LogP contribution in [-0.4, -0.2) is 22.5 Å². The number of aromatic hydroxyl groups is 1. The molecule has 0 aromatic heterocycles. The van der Waals surface area contributed by atoms with Crippen molar-refractivity contribution in [3.63, 3.8) is 0 Å². The lowest BCUT2D eigenvalue weighted by molar-refractivity contribution is 0.0697. The minimum Gasteiger partial charge on any atom is -0.508 e. The number of rotatable bonds is 2. The predicted molar refractivity (Wildman–Crippen MR) is 52.9 cm³/mol. The Morgan fingerprint density at radius 3 is 2.20 bits per heavy atom. The monoisotopic (exact) mass is 210 g/mol. The molecular weight excluding hydrogens is 200 g/mol. The molecule has 80 valence electrons. The van der Waals surface area contributed by atoms with E-state index >= 15 is 0 Å². The van der Waals surface area contributed by atoms with E-state index in [0.29, 0.717) is 0 Å². The number of hydrogen-bond donors (Lipinski definition) is 4. The minimum absolute atomic E-state index is 0.0741. The molecule has 1 rings (SSSR count). The van der Waals surface area contributed by atoms with Crippen LogP contribution in [-0.2, 0) is 0 Å². The van der Waals surface area contributed by atoms with Gasteiger partial charge in [-0.05, 0) is 24.3 Å². The quantitative estimate of drug-likeness (QED) is 0.190. The number of carboxylic acids is 1. The fraction of sp³-hybridized carbons (Fsp3) is 0. The van der Waals surface area contributed by atoms with E-state index in [1.165, 1.54) is 24.3 Å². The van der Waals surface area contributed by atoms with E-state index in [9.17, 15) is 4.79 Å². The lowest BCUT2D eigenvalue weighted by Gasteiger charge is -1.92. The van der Waals surface area contributed by atoms with Crippen molar-refractivity contribution >= 4 is 12.3 Å².